The van der Waals surface area contributed by atoms with E-state index in [-0.39, 0.29) is 5.91 Å². The first-order valence-corrected chi connectivity index (χ1v) is 8.94. The van der Waals surface area contributed by atoms with Crippen LogP contribution in [-0.4, -0.2) is 48.5 Å². The van der Waals surface area contributed by atoms with Gasteiger partial charge in [0, 0.05) is 32.7 Å². The van der Waals surface area contributed by atoms with Gasteiger partial charge in [0.1, 0.15) is 5.75 Å². The van der Waals surface area contributed by atoms with E-state index in [9.17, 15) is 4.79 Å². The maximum absolute atomic E-state index is 12.3. The fourth-order valence-electron chi connectivity index (χ4n) is 3.12. The summed E-state index contributed by atoms with van der Waals surface area (Å²) in [7, 11) is 0. The molecule has 0 saturated carbocycles. The molecule has 0 unspecified atom stereocenters. The van der Waals surface area contributed by atoms with E-state index in [0.29, 0.717) is 13.0 Å². The van der Waals surface area contributed by atoms with Crippen molar-refractivity contribution >= 4 is 5.91 Å². The predicted octanol–water partition coefficient (Wildman–Crippen LogP) is 3.11. The second-order valence-electron chi connectivity index (χ2n) is 6.56. The highest BCUT2D eigenvalue weighted by atomic mass is 16.5. The minimum absolute atomic E-state index is 0.187. The number of hydrogen-bond acceptors (Lipinski definition) is 3. The number of benzene rings is 2. The van der Waals surface area contributed by atoms with Gasteiger partial charge in [-0.3, -0.25) is 9.69 Å². The second-order valence-corrected chi connectivity index (χ2v) is 6.56. The highest BCUT2D eigenvalue weighted by molar-refractivity contribution is 5.76. The SMILES string of the molecule is Cc1cccc(OCCC(=O)N2CCN(Cc3ccccc3)CC2)c1. The van der Waals surface area contributed by atoms with Crippen molar-refractivity contribution < 1.29 is 9.53 Å². The van der Waals surface area contributed by atoms with E-state index in [1.54, 1.807) is 0 Å². The van der Waals surface area contributed by atoms with Gasteiger partial charge in [-0.25, -0.2) is 0 Å². The molecular formula is C21H26N2O2. The minimum Gasteiger partial charge on any atom is -0.493 e. The summed E-state index contributed by atoms with van der Waals surface area (Å²) in [4.78, 5) is 16.7. The number of ether oxygens (including phenoxy) is 1. The number of nitrogens with zero attached hydrogens (tertiary/aromatic N) is 2. The molecule has 132 valence electrons. The zero-order valence-electron chi connectivity index (χ0n) is 14.9. The van der Waals surface area contributed by atoms with Crippen molar-refractivity contribution in [2.45, 2.75) is 19.9 Å². The summed E-state index contributed by atoms with van der Waals surface area (Å²) < 4.78 is 5.69. The van der Waals surface area contributed by atoms with E-state index in [4.69, 9.17) is 4.74 Å². The number of amides is 1. The van der Waals surface area contributed by atoms with Crippen LogP contribution < -0.4 is 4.74 Å². The first kappa shape index (κ1) is 17.5. The molecule has 1 amide bonds. The summed E-state index contributed by atoms with van der Waals surface area (Å²) in [6, 6.07) is 18.4. The Morgan fingerprint density at radius 1 is 1.00 bits per heavy atom. The van der Waals surface area contributed by atoms with Gasteiger partial charge in [-0.05, 0) is 30.2 Å². The Labute approximate surface area is 150 Å². The molecule has 0 atom stereocenters. The highest BCUT2D eigenvalue weighted by Gasteiger charge is 2.20. The molecule has 1 heterocycles. The molecule has 1 saturated heterocycles. The zero-order valence-corrected chi connectivity index (χ0v) is 14.9. The highest BCUT2D eigenvalue weighted by Crippen LogP contribution is 2.13. The third-order valence-electron chi connectivity index (χ3n) is 4.55. The maximum Gasteiger partial charge on any atom is 0.226 e. The Balaban J connectivity index is 1.38. The Morgan fingerprint density at radius 3 is 2.48 bits per heavy atom. The van der Waals surface area contributed by atoms with Crippen molar-refractivity contribution in [2.24, 2.45) is 0 Å². The van der Waals surface area contributed by atoms with Crippen LogP contribution >= 0.6 is 0 Å². The van der Waals surface area contributed by atoms with E-state index >= 15 is 0 Å². The van der Waals surface area contributed by atoms with E-state index < -0.39 is 0 Å². The quantitative estimate of drug-likeness (QED) is 0.811. The molecule has 0 aliphatic carbocycles. The Morgan fingerprint density at radius 2 is 1.76 bits per heavy atom. The number of piperazine rings is 1. The molecule has 0 aromatic heterocycles. The summed E-state index contributed by atoms with van der Waals surface area (Å²) in [6.45, 7) is 6.89. The molecule has 0 radical (unpaired) electrons. The third kappa shape index (κ3) is 5.33. The first-order chi connectivity index (χ1) is 12.2. The maximum atomic E-state index is 12.3. The van der Waals surface area contributed by atoms with Crippen molar-refractivity contribution in [1.82, 2.24) is 9.80 Å². The van der Waals surface area contributed by atoms with Gasteiger partial charge >= 0.3 is 0 Å². The van der Waals surface area contributed by atoms with Gasteiger partial charge in [-0.15, -0.1) is 0 Å². The monoisotopic (exact) mass is 338 g/mol. The van der Waals surface area contributed by atoms with Crippen molar-refractivity contribution in [3.8, 4) is 5.75 Å². The molecule has 1 aliphatic heterocycles. The average Bonchev–Trinajstić information content (AvgIpc) is 2.63. The lowest BCUT2D eigenvalue weighted by atomic mass is 10.2. The Hall–Kier alpha value is -2.33. The van der Waals surface area contributed by atoms with Crippen LogP contribution in [0.25, 0.3) is 0 Å². The number of rotatable bonds is 6. The number of hydrogen-bond donors (Lipinski definition) is 0. The fraction of sp³-hybridized carbons (Fsp3) is 0.381. The van der Waals surface area contributed by atoms with Gasteiger partial charge in [-0.1, -0.05) is 42.5 Å². The van der Waals surface area contributed by atoms with Crippen LogP contribution in [-0.2, 0) is 11.3 Å². The van der Waals surface area contributed by atoms with Crippen molar-refractivity contribution in [2.75, 3.05) is 32.8 Å². The van der Waals surface area contributed by atoms with Crippen LogP contribution in [0.15, 0.2) is 54.6 Å². The van der Waals surface area contributed by atoms with Crippen LogP contribution in [0, 0.1) is 6.92 Å². The van der Waals surface area contributed by atoms with E-state index in [1.807, 2.05) is 42.2 Å². The average molecular weight is 338 g/mol. The zero-order chi connectivity index (χ0) is 17.5. The van der Waals surface area contributed by atoms with Gasteiger partial charge < -0.3 is 9.64 Å². The summed E-state index contributed by atoms with van der Waals surface area (Å²) >= 11 is 0. The standard InChI is InChI=1S/C21H26N2O2/c1-18-6-5-9-20(16-18)25-15-10-21(24)23-13-11-22(12-14-23)17-19-7-3-2-4-8-19/h2-9,16H,10-15,17H2,1H3. The normalized spacial score (nSPS) is 15.2. The smallest absolute Gasteiger partial charge is 0.226 e. The second kappa shape index (κ2) is 8.67. The van der Waals surface area contributed by atoms with Crippen LogP contribution in [0.5, 0.6) is 5.75 Å². The Bertz CT molecular complexity index is 679. The lowest BCUT2D eigenvalue weighted by Crippen LogP contribution is -2.48. The van der Waals surface area contributed by atoms with E-state index in [1.165, 1.54) is 11.1 Å². The minimum atomic E-state index is 0.187. The van der Waals surface area contributed by atoms with Gasteiger partial charge in [0.2, 0.25) is 5.91 Å². The third-order valence-corrected chi connectivity index (χ3v) is 4.55. The predicted molar refractivity (Wildman–Crippen MR) is 99.6 cm³/mol. The Kier molecular flexibility index (Phi) is 6.07. The summed E-state index contributed by atoms with van der Waals surface area (Å²) in [5.41, 5.74) is 2.49. The molecule has 1 aliphatic rings. The van der Waals surface area contributed by atoms with Crippen molar-refractivity contribution in [1.29, 1.82) is 0 Å². The van der Waals surface area contributed by atoms with E-state index in [0.717, 1.165) is 38.5 Å². The van der Waals surface area contributed by atoms with Gasteiger partial charge in [-0.2, -0.15) is 0 Å². The molecule has 4 heteroatoms. The lowest BCUT2D eigenvalue weighted by molar-refractivity contribution is -0.133. The molecule has 2 aromatic rings. The molecule has 1 fully saturated rings. The molecule has 4 nitrogen and oxygen atoms in total. The van der Waals surface area contributed by atoms with Crippen LogP contribution in [0.2, 0.25) is 0 Å². The molecule has 0 bridgehead atoms. The van der Waals surface area contributed by atoms with Crippen LogP contribution in [0.3, 0.4) is 0 Å². The molecule has 2 aromatic carbocycles. The first-order valence-electron chi connectivity index (χ1n) is 8.94. The summed E-state index contributed by atoms with van der Waals surface area (Å²) in [6.07, 6.45) is 0.437. The molecule has 0 N–H and O–H groups in total. The van der Waals surface area contributed by atoms with Gasteiger partial charge in [0.25, 0.3) is 0 Å². The van der Waals surface area contributed by atoms with E-state index in [2.05, 4.69) is 29.2 Å². The summed E-state index contributed by atoms with van der Waals surface area (Å²) in [5.74, 6) is 1.02. The van der Waals surface area contributed by atoms with Gasteiger partial charge in [0.05, 0.1) is 13.0 Å². The molecule has 25 heavy (non-hydrogen) atoms. The summed E-state index contributed by atoms with van der Waals surface area (Å²) in [5, 5.41) is 0. The van der Waals surface area contributed by atoms with Crippen LogP contribution in [0.4, 0.5) is 0 Å². The van der Waals surface area contributed by atoms with Crippen molar-refractivity contribution in [3.63, 3.8) is 0 Å². The number of carbonyl (C=O) groups excluding carboxylic acids is 1. The van der Waals surface area contributed by atoms with Crippen molar-refractivity contribution in [3.05, 3.63) is 65.7 Å². The molecular weight excluding hydrogens is 312 g/mol. The molecule has 3 rings (SSSR count). The lowest BCUT2D eigenvalue weighted by Gasteiger charge is -2.34. The van der Waals surface area contributed by atoms with Gasteiger partial charge in [0.15, 0.2) is 0 Å². The molecule has 0 spiro atoms. The largest absolute Gasteiger partial charge is 0.493 e. The number of carbonyl (C=O) groups is 1. The van der Waals surface area contributed by atoms with Crippen LogP contribution in [0.1, 0.15) is 17.5 Å². The topological polar surface area (TPSA) is 32.8 Å². The number of aryl methyl sites for hydroxylation is 1. The fourth-order valence-corrected chi connectivity index (χ4v) is 3.12.